The molecule has 0 aliphatic heterocycles. The highest BCUT2D eigenvalue weighted by Crippen LogP contribution is 2.10. The van der Waals surface area contributed by atoms with Crippen LogP contribution in [0.5, 0.6) is 0 Å². The zero-order valence-corrected chi connectivity index (χ0v) is 13.4. The molecule has 2 heterocycles. The van der Waals surface area contributed by atoms with E-state index in [0.717, 1.165) is 0 Å². The van der Waals surface area contributed by atoms with E-state index in [1.165, 1.54) is 10.9 Å². The molecule has 24 heavy (non-hydrogen) atoms. The minimum absolute atomic E-state index is 0.188. The Hall–Kier alpha value is -2.80. The van der Waals surface area contributed by atoms with Gasteiger partial charge < -0.3 is 5.32 Å². The Morgan fingerprint density at radius 3 is 2.83 bits per heavy atom. The van der Waals surface area contributed by atoms with E-state index in [0.29, 0.717) is 34.7 Å². The summed E-state index contributed by atoms with van der Waals surface area (Å²) in [5.41, 5.74) is 0.352. The van der Waals surface area contributed by atoms with E-state index in [4.69, 9.17) is 11.6 Å². The largest absolute Gasteiger partial charge is 0.311 e. The first-order chi connectivity index (χ1) is 11.6. The summed E-state index contributed by atoms with van der Waals surface area (Å²) in [6.07, 6.45) is 2.17. The average Bonchev–Trinajstić information content (AvgIpc) is 2.59. The topological polar surface area (TPSA) is 89.8 Å². The number of rotatable bonds is 5. The van der Waals surface area contributed by atoms with Crippen LogP contribution in [0, 0.1) is 0 Å². The summed E-state index contributed by atoms with van der Waals surface area (Å²) in [6.45, 7) is 0.318. The highest BCUT2D eigenvalue weighted by atomic mass is 35.5. The van der Waals surface area contributed by atoms with Crippen LogP contribution in [0.1, 0.15) is 12.8 Å². The van der Waals surface area contributed by atoms with Gasteiger partial charge in [-0.2, -0.15) is 0 Å². The smallest absolute Gasteiger partial charge is 0.277 e. The molecule has 0 saturated carbocycles. The van der Waals surface area contributed by atoms with Gasteiger partial charge in [-0.25, -0.2) is 9.67 Å². The second kappa shape index (κ2) is 7.18. The maximum Gasteiger partial charge on any atom is 0.277 e. The molecule has 7 nitrogen and oxygen atoms in total. The maximum absolute atomic E-state index is 12.3. The molecule has 1 N–H and O–H groups in total. The van der Waals surface area contributed by atoms with Crippen LogP contribution in [-0.4, -0.2) is 25.9 Å². The summed E-state index contributed by atoms with van der Waals surface area (Å²) in [7, 11) is 0. The number of hydrogen-bond donors (Lipinski definition) is 1. The Morgan fingerprint density at radius 1 is 1.21 bits per heavy atom. The van der Waals surface area contributed by atoms with Crippen LogP contribution >= 0.6 is 11.6 Å². The van der Waals surface area contributed by atoms with Gasteiger partial charge in [0.25, 0.3) is 5.56 Å². The van der Waals surface area contributed by atoms with Crippen molar-refractivity contribution in [2.75, 3.05) is 5.32 Å². The molecule has 0 saturated heterocycles. The summed E-state index contributed by atoms with van der Waals surface area (Å²) in [6, 6.07) is 10.3. The molecule has 3 rings (SSSR count). The summed E-state index contributed by atoms with van der Waals surface area (Å²) in [5.74, 6) is 0.249. The second-order valence-corrected chi connectivity index (χ2v) is 5.58. The van der Waals surface area contributed by atoms with E-state index in [2.05, 4.69) is 20.6 Å². The van der Waals surface area contributed by atoms with E-state index < -0.39 is 0 Å². The molecule has 0 fully saturated rings. The Kier molecular flexibility index (Phi) is 4.81. The average molecular weight is 344 g/mol. The minimum Gasteiger partial charge on any atom is -0.311 e. The number of pyridine rings is 1. The van der Waals surface area contributed by atoms with Gasteiger partial charge in [0.15, 0.2) is 0 Å². The van der Waals surface area contributed by atoms with Gasteiger partial charge in [-0.3, -0.25) is 9.59 Å². The van der Waals surface area contributed by atoms with Crippen LogP contribution in [0.15, 0.2) is 47.4 Å². The predicted octanol–water partition coefficient (Wildman–Crippen LogP) is 2.26. The van der Waals surface area contributed by atoms with Crippen LogP contribution < -0.4 is 10.9 Å². The van der Waals surface area contributed by atoms with E-state index in [1.54, 1.807) is 36.4 Å². The van der Waals surface area contributed by atoms with Crippen LogP contribution in [-0.2, 0) is 11.3 Å². The number of benzene rings is 1. The Bertz CT molecular complexity index is 924. The normalized spacial score (nSPS) is 10.7. The summed E-state index contributed by atoms with van der Waals surface area (Å²) >= 11 is 5.74. The van der Waals surface area contributed by atoms with Crippen molar-refractivity contribution in [3.05, 3.63) is 58.0 Å². The standard InChI is InChI=1S/C16H14ClN5O2/c17-11-7-8-14(18-10-11)19-15(23)6-3-9-22-16(24)12-4-1-2-5-13(12)20-21-22/h1-2,4-5,7-8,10H,3,6,9H2,(H,18,19,23). The number of carbonyl (C=O) groups excluding carboxylic acids is 1. The van der Waals surface area contributed by atoms with Gasteiger partial charge in [-0.15, -0.1) is 5.10 Å². The van der Waals surface area contributed by atoms with Crippen molar-refractivity contribution in [3.63, 3.8) is 0 Å². The molecule has 1 aromatic carbocycles. The Labute approximate surface area is 142 Å². The third-order valence-corrected chi connectivity index (χ3v) is 3.62. The number of halogens is 1. The number of carbonyl (C=O) groups is 1. The van der Waals surface area contributed by atoms with Gasteiger partial charge >= 0.3 is 0 Å². The molecule has 8 heteroatoms. The van der Waals surface area contributed by atoms with E-state index in [9.17, 15) is 9.59 Å². The first kappa shape index (κ1) is 16.1. The number of aromatic nitrogens is 4. The first-order valence-electron chi connectivity index (χ1n) is 7.37. The minimum atomic E-state index is -0.208. The zero-order valence-electron chi connectivity index (χ0n) is 12.6. The van der Waals surface area contributed by atoms with Gasteiger partial charge in [0.2, 0.25) is 5.91 Å². The van der Waals surface area contributed by atoms with Crippen molar-refractivity contribution in [3.8, 4) is 0 Å². The van der Waals surface area contributed by atoms with Crippen molar-refractivity contribution < 1.29 is 4.79 Å². The van der Waals surface area contributed by atoms with Crippen molar-refractivity contribution >= 4 is 34.2 Å². The fraction of sp³-hybridized carbons (Fsp3) is 0.188. The predicted molar refractivity (Wildman–Crippen MR) is 90.9 cm³/mol. The highest BCUT2D eigenvalue weighted by molar-refractivity contribution is 6.30. The van der Waals surface area contributed by atoms with Gasteiger partial charge in [-0.1, -0.05) is 28.9 Å². The SMILES string of the molecule is O=C(CCCn1nnc2ccccc2c1=O)Nc1ccc(Cl)cn1. The highest BCUT2D eigenvalue weighted by Gasteiger charge is 2.07. The molecule has 3 aromatic rings. The molecule has 0 spiro atoms. The molecule has 122 valence electrons. The third-order valence-electron chi connectivity index (χ3n) is 3.40. The number of fused-ring (bicyclic) bond motifs is 1. The lowest BCUT2D eigenvalue weighted by Gasteiger charge is -2.06. The van der Waals surface area contributed by atoms with Gasteiger partial charge in [0, 0.05) is 19.2 Å². The Balaban J connectivity index is 1.58. The van der Waals surface area contributed by atoms with Crippen LogP contribution in [0.3, 0.4) is 0 Å². The fourth-order valence-corrected chi connectivity index (χ4v) is 2.33. The number of nitrogens with one attached hydrogen (secondary N) is 1. The van der Waals surface area contributed by atoms with Crippen molar-refractivity contribution in [2.24, 2.45) is 0 Å². The zero-order chi connectivity index (χ0) is 16.9. The molecule has 0 atom stereocenters. The van der Waals surface area contributed by atoms with E-state index >= 15 is 0 Å². The third kappa shape index (κ3) is 3.75. The van der Waals surface area contributed by atoms with Gasteiger partial charge in [0.1, 0.15) is 11.3 Å². The lowest BCUT2D eigenvalue weighted by Crippen LogP contribution is -2.25. The number of anilines is 1. The molecular formula is C16H14ClN5O2. The number of nitrogens with zero attached hydrogens (tertiary/aromatic N) is 4. The van der Waals surface area contributed by atoms with E-state index in [-0.39, 0.29) is 17.9 Å². The first-order valence-corrected chi connectivity index (χ1v) is 7.75. The molecule has 0 unspecified atom stereocenters. The van der Waals surface area contributed by atoms with Crippen molar-refractivity contribution in [2.45, 2.75) is 19.4 Å². The van der Waals surface area contributed by atoms with Crippen LogP contribution in [0.2, 0.25) is 5.02 Å². The molecule has 1 amide bonds. The number of amides is 1. The lowest BCUT2D eigenvalue weighted by molar-refractivity contribution is -0.116. The maximum atomic E-state index is 12.3. The number of aryl methyl sites for hydroxylation is 1. The van der Waals surface area contributed by atoms with Gasteiger partial charge in [-0.05, 0) is 30.7 Å². The molecule has 0 radical (unpaired) electrons. The molecule has 0 aliphatic rings. The molecule has 0 bridgehead atoms. The summed E-state index contributed by atoms with van der Waals surface area (Å²) < 4.78 is 1.27. The molecule has 0 aliphatic carbocycles. The van der Waals surface area contributed by atoms with Gasteiger partial charge in [0.05, 0.1) is 10.4 Å². The number of hydrogen-bond acceptors (Lipinski definition) is 5. The van der Waals surface area contributed by atoms with Crippen molar-refractivity contribution in [1.82, 2.24) is 20.0 Å². The Morgan fingerprint density at radius 2 is 2.04 bits per heavy atom. The van der Waals surface area contributed by atoms with Crippen molar-refractivity contribution in [1.29, 1.82) is 0 Å². The summed E-state index contributed by atoms with van der Waals surface area (Å²) in [5, 5.41) is 11.6. The summed E-state index contributed by atoms with van der Waals surface area (Å²) in [4.78, 5) is 28.1. The van der Waals surface area contributed by atoms with E-state index in [1.807, 2.05) is 0 Å². The molecule has 2 aromatic heterocycles. The van der Waals surface area contributed by atoms with Crippen LogP contribution in [0.4, 0.5) is 5.82 Å². The monoisotopic (exact) mass is 343 g/mol. The molecular weight excluding hydrogens is 330 g/mol. The fourth-order valence-electron chi connectivity index (χ4n) is 2.21. The lowest BCUT2D eigenvalue weighted by atomic mass is 10.2. The quantitative estimate of drug-likeness (QED) is 0.767. The second-order valence-electron chi connectivity index (χ2n) is 5.15. The van der Waals surface area contributed by atoms with Crippen LogP contribution in [0.25, 0.3) is 10.9 Å².